The lowest BCUT2D eigenvalue weighted by molar-refractivity contribution is -0.137. The average Bonchev–Trinajstić information content (AvgIpc) is 2.78. The van der Waals surface area contributed by atoms with Gasteiger partial charge < -0.3 is 15.0 Å². The lowest BCUT2D eigenvalue weighted by atomic mass is 10.1. The van der Waals surface area contributed by atoms with Gasteiger partial charge >= 0.3 is 5.97 Å². The molecule has 1 aromatic heterocycles. The van der Waals surface area contributed by atoms with Crippen molar-refractivity contribution < 1.29 is 14.7 Å². The predicted molar refractivity (Wildman–Crippen MR) is 72.0 cm³/mol. The summed E-state index contributed by atoms with van der Waals surface area (Å²) in [6.45, 7) is 2.47. The number of carbonyl (C=O) groups excluding carboxylic acids is 1. The van der Waals surface area contributed by atoms with Crippen LogP contribution < -0.4 is 5.32 Å². The fraction of sp³-hybridized carbons (Fsp3) is 0.429. The standard InChI is InChI=1S/C14H18N2O3/c1-2-3-4-5-10-6-12-14(19)15-8-11(7-13(17)18)16(12)9-10/h4-6,9,11H,2-3,7-8H2,1H3,(H,15,19)(H,17,18)/b5-4+. The molecule has 1 aliphatic rings. The van der Waals surface area contributed by atoms with Crippen LogP contribution in [0.1, 0.15) is 48.3 Å². The smallest absolute Gasteiger partial charge is 0.305 e. The normalized spacial score (nSPS) is 18.4. The highest BCUT2D eigenvalue weighted by Gasteiger charge is 2.26. The van der Waals surface area contributed by atoms with Gasteiger partial charge in [0.05, 0.1) is 12.5 Å². The summed E-state index contributed by atoms with van der Waals surface area (Å²) in [6.07, 6.45) is 7.97. The maximum absolute atomic E-state index is 11.8. The Kier molecular flexibility index (Phi) is 4.04. The van der Waals surface area contributed by atoms with Gasteiger partial charge in [0, 0.05) is 12.7 Å². The van der Waals surface area contributed by atoms with Gasteiger partial charge in [0.2, 0.25) is 0 Å². The van der Waals surface area contributed by atoms with Gasteiger partial charge in [0.1, 0.15) is 5.69 Å². The van der Waals surface area contributed by atoms with Crippen LogP contribution in [0.5, 0.6) is 0 Å². The van der Waals surface area contributed by atoms with E-state index in [1.807, 2.05) is 12.3 Å². The highest BCUT2D eigenvalue weighted by Crippen LogP contribution is 2.22. The van der Waals surface area contributed by atoms with E-state index in [9.17, 15) is 9.59 Å². The summed E-state index contributed by atoms with van der Waals surface area (Å²) in [7, 11) is 0. The molecule has 1 aromatic rings. The first-order valence-electron chi connectivity index (χ1n) is 6.50. The molecule has 1 unspecified atom stereocenters. The maximum Gasteiger partial charge on any atom is 0.305 e. The number of nitrogens with one attached hydrogen (secondary N) is 1. The van der Waals surface area contributed by atoms with Crippen molar-refractivity contribution in [2.45, 2.75) is 32.2 Å². The van der Waals surface area contributed by atoms with Gasteiger partial charge in [-0.25, -0.2) is 0 Å². The van der Waals surface area contributed by atoms with Crippen molar-refractivity contribution in [3.05, 3.63) is 29.6 Å². The molecule has 1 aliphatic heterocycles. The zero-order valence-electron chi connectivity index (χ0n) is 10.9. The molecule has 2 N–H and O–H groups in total. The Hall–Kier alpha value is -2.04. The molecule has 5 nitrogen and oxygen atoms in total. The summed E-state index contributed by atoms with van der Waals surface area (Å²) in [5.41, 5.74) is 1.48. The number of carbonyl (C=O) groups is 2. The van der Waals surface area contributed by atoms with Crippen molar-refractivity contribution in [2.75, 3.05) is 6.54 Å². The molecule has 0 aliphatic carbocycles. The van der Waals surface area contributed by atoms with E-state index in [4.69, 9.17) is 5.11 Å². The number of carboxylic acids is 1. The third-order valence-electron chi connectivity index (χ3n) is 3.17. The number of aliphatic carboxylic acids is 1. The molecule has 19 heavy (non-hydrogen) atoms. The van der Waals surface area contributed by atoms with E-state index in [1.54, 1.807) is 10.6 Å². The monoisotopic (exact) mass is 262 g/mol. The molecular weight excluding hydrogens is 244 g/mol. The minimum absolute atomic E-state index is 0.0140. The summed E-state index contributed by atoms with van der Waals surface area (Å²) in [6, 6.07) is 1.59. The van der Waals surface area contributed by atoms with Crippen molar-refractivity contribution >= 4 is 18.0 Å². The van der Waals surface area contributed by atoms with Crippen LogP contribution in [0.15, 0.2) is 18.3 Å². The number of nitrogens with zero attached hydrogens (tertiary/aromatic N) is 1. The highest BCUT2D eigenvalue weighted by molar-refractivity contribution is 5.94. The Morgan fingerprint density at radius 2 is 2.42 bits per heavy atom. The molecule has 0 bridgehead atoms. The highest BCUT2D eigenvalue weighted by atomic mass is 16.4. The molecule has 5 heteroatoms. The van der Waals surface area contributed by atoms with Gasteiger partial charge in [-0.15, -0.1) is 0 Å². The number of carboxylic acid groups (broad SMARTS) is 1. The number of hydrogen-bond donors (Lipinski definition) is 2. The molecule has 2 rings (SSSR count). The zero-order valence-corrected chi connectivity index (χ0v) is 10.9. The Balaban J connectivity index is 2.25. The number of hydrogen-bond acceptors (Lipinski definition) is 2. The second-order valence-electron chi connectivity index (χ2n) is 4.72. The quantitative estimate of drug-likeness (QED) is 0.853. The Labute approximate surface area is 111 Å². The number of aromatic nitrogens is 1. The second kappa shape index (κ2) is 5.73. The molecule has 0 radical (unpaired) electrons. The maximum atomic E-state index is 11.8. The fourth-order valence-corrected chi connectivity index (χ4v) is 2.23. The van der Waals surface area contributed by atoms with E-state index in [0.717, 1.165) is 18.4 Å². The SMILES string of the molecule is CCC/C=C/c1cc2n(c1)C(CC(=O)O)CNC2=O. The van der Waals surface area contributed by atoms with Gasteiger partial charge in [0.25, 0.3) is 5.91 Å². The Morgan fingerprint density at radius 3 is 3.11 bits per heavy atom. The van der Waals surface area contributed by atoms with E-state index in [0.29, 0.717) is 12.2 Å². The third-order valence-corrected chi connectivity index (χ3v) is 3.17. The van der Waals surface area contributed by atoms with E-state index in [-0.39, 0.29) is 18.4 Å². The molecule has 0 spiro atoms. The molecule has 2 heterocycles. The molecule has 1 atom stereocenters. The molecule has 0 aromatic carbocycles. The first kappa shape index (κ1) is 13.4. The topological polar surface area (TPSA) is 71.3 Å². The average molecular weight is 262 g/mol. The number of allylic oxidation sites excluding steroid dienone is 1. The van der Waals surface area contributed by atoms with Gasteiger partial charge in [-0.2, -0.15) is 0 Å². The third kappa shape index (κ3) is 3.05. The molecule has 0 saturated carbocycles. The minimum atomic E-state index is -0.858. The van der Waals surface area contributed by atoms with Crippen LogP contribution in [0.25, 0.3) is 6.08 Å². The molecule has 0 saturated heterocycles. The van der Waals surface area contributed by atoms with Crippen molar-refractivity contribution in [1.29, 1.82) is 0 Å². The van der Waals surface area contributed by atoms with E-state index < -0.39 is 5.97 Å². The lowest BCUT2D eigenvalue weighted by Crippen LogP contribution is -2.39. The van der Waals surface area contributed by atoms with E-state index in [1.165, 1.54) is 0 Å². The number of unbranched alkanes of at least 4 members (excludes halogenated alkanes) is 1. The van der Waals surface area contributed by atoms with Crippen molar-refractivity contribution in [2.24, 2.45) is 0 Å². The second-order valence-corrected chi connectivity index (χ2v) is 4.72. The van der Waals surface area contributed by atoms with Crippen LogP contribution in [0.4, 0.5) is 0 Å². The van der Waals surface area contributed by atoms with Crippen molar-refractivity contribution in [1.82, 2.24) is 9.88 Å². The van der Waals surface area contributed by atoms with Crippen molar-refractivity contribution in [3.63, 3.8) is 0 Å². The number of fused-ring (bicyclic) bond motifs is 1. The van der Waals surface area contributed by atoms with Crippen LogP contribution in [0.2, 0.25) is 0 Å². The van der Waals surface area contributed by atoms with Crippen LogP contribution in [0, 0.1) is 0 Å². The Morgan fingerprint density at radius 1 is 1.63 bits per heavy atom. The van der Waals surface area contributed by atoms with E-state index in [2.05, 4.69) is 18.3 Å². The van der Waals surface area contributed by atoms with E-state index >= 15 is 0 Å². The summed E-state index contributed by atoms with van der Waals surface area (Å²) >= 11 is 0. The minimum Gasteiger partial charge on any atom is -0.481 e. The van der Waals surface area contributed by atoms with Gasteiger partial charge in [0.15, 0.2) is 0 Å². The zero-order chi connectivity index (χ0) is 13.8. The number of rotatable bonds is 5. The summed E-state index contributed by atoms with van der Waals surface area (Å²) < 4.78 is 1.78. The summed E-state index contributed by atoms with van der Waals surface area (Å²) in [4.78, 5) is 22.6. The molecule has 0 fully saturated rings. The van der Waals surface area contributed by atoms with Crippen LogP contribution in [-0.4, -0.2) is 28.1 Å². The van der Waals surface area contributed by atoms with Gasteiger partial charge in [-0.3, -0.25) is 9.59 Å². The fourth-order valence-electron chi connectivity index (χ4n) is 2.23. The predicted octanol–water partition coefficient (Wildman–Crippen LogP) is 2.06. The molecular formula is C14H18N2O3. The molecule has 102 valence electrons. The largest absolute Gasteiger partial charge is 0.481 e. The van der Waals surface area contributed by atoms with Crippen LogP contribution >= 0.6 is 0 Å². The van der Waals surface area contributed by atoms with Gasteiger partial charge in [-0.05, 0) is 18.1 Å². The Bertz CT molecular complexity index is 517. The summed E-state index contributed by atoms with van der Waals surface area (Å²) in [5, 5.41) is 11.6. The first-order valence-corrected chi connectivity index (χ1v) is 6.50. The lowest BCUT2D eigenvalue weighted by Gasteiger charge is -2.25. The van der Waals surface area contributed by atoms with Crippen molar-refractivity contribution in [3.8, 4) is 0 Å². The van der Waals surface area contributed by atoms with Crippen LogP contribution in [-0.2, 0) is 4.79 Å². The van der Waals surface area contributed by atoms with Crippen LogP contribution in [0.3, 0.4) is 0 Å². The van der Waals surface area contributed by atoms with Gasteiger partial charge in [-0.1, -0.05) is 25.5 Å². The molecule has 1 amide bonds. The first-order chi connectivity index (χ1) is 9.11. The summed E-state index contributed by atoms with van der Waals surface area (Å²) in [5.74, 6) is -0.999. The number of amides is 1.